The van der Waals surface area contributed by atoms with Crippen LogP contribution >= 0.6 is 0 Å². The number of fused-ring (bicyclic) bond motifs is 1. The third-order valence-corrected chi connectivity index (χ3v) is 4.50. The highest BCUT2D eigenvalue weighted by molar-refractivity contribution is 5.90. The lowest BCUT2D eigenvalue weighted by Crippen LogP contribution is -2.24. The molecule has 0 aliphatic carbocycles. The van der Waals surface area contributed by atoms with Crippen LogP contribution in [0.25, 0.3) is 22.0 Å². The van der Waals surface area contributed by atoms with Crippen LogP contribution < -0.4 is 5.32 Å². The zero-order chi connectivity index (χ0) is 18.5. The highest BCUT2D eigenvalue weighted by Crippen LogP contribution is 2.19. The van der Waals surface area contributed by atoms with Gasteiger partial charge >= 0.3 is 0 Å². The summed E-state index contributed by atoms with van der Waals surface area (Å²) in [6.45, 7) is 0.472. The zero-order valence-electron chi connectivity index (χ0n) is 14.8. The molecule has 0 fully saturated rings. The molecule has 1 N–H and O–H groups in total. The van der Waals surface area contributed by atoms with Crippen molar-refractivity contribution < 1.29 is 4.79 Å². The molecule has 4 rings (SSSR count). The Morgan fingerprint density at radius 1 is 0.926 bits per heavy atom. The molecule has 0 unspecified atom stereocenters. The molecule has 0 aliphatic rings. The Balaban J connectivity index is 1.44. The van der Waals surface area contributed by atoms with Crippen LogP contribution in [-0.2, 0) is 17.8 Å². The highest BCUT2D eigenvalue weighted by atomic mass is 16.1. The Bertz CT molecular complexity index is 1070. The van der Waals surface area contributed by atoms with Gasteiger partial charge in [-0.2, -0.15) is 0 Å². The predicted molar refractivity (Wildman–Crippen MR) is 107 cm³/mol. The van der Waals surface area contributed by atoms with Crippen LogP contribution in [0.15, 0.2) is 85.3 Å². The van der Waals surface area contributed by atoms with Crippen molar-refractivity contribution in [3.8, 4) is 11.3 Å². The van der Waals surface area contributed by atoms with Crippen molar-refractivity contribution in [3.05, 3.63) is 96.4 Å². The van der Waals surface area contributed by atoms with E-state index in [0.29, 0.717) is 13.0 Å². The van der Waals surface area contributed by atoms with Gasteiger partial charge in [0, 0.05) is 30.7 Å². The fourth-order valence-corrected chi connectivity index (χ4v) is 3.14. The van der Waals surface area contributed by atoms with Gasteiger partial charge in [-0.1, -0.05) is 42.5 Å². The summed E-state index contributed by atoms with van der Waals surface area (Å²) in [5, 5.41) is 5.28. The fourth-order valence-electron chi connectivity index (χ4n) is 3.14. The number of nitrogens with zero attached hydrogens (tertiary/aromatic N) is 2. The Morgan fingerprint density at radius 2 is 1.81 bits per heavy atom. The summed E-state index contributed by atoms with van der Waals surface area (Å²) in [5.41, 5.74) is 3.86. The smallest absolute Gasteiger partial charge is 0.224 e. The van der Waals surface area contributed by atoms with Crippen LogP contribution in [0.1, 0.15) is 11.1 Å². The van der Waals surface area contributed by atoms with E-state index in [1.807, 2.05) is 48.5 Å². The van der Waals surface area contributed by atoms with Gasteiger partial charge in [-0.05, 0) is 46.2 Å². The Labute approximate surface area is 157 Å². The first-order valence-electron chi connectivity index (χ1n) is 8.88. The minimum Gasteiger partial charge on any atom is -0.352 e. The number of carbonyl (C=O) groups is 1. The highest BCUT2D eigenvalue weighted by Gasteiger charge is 2.07. The summed E-state index contributed by atoms with van der Waals surface area (Å²) < 4.78 is 0. The van der Waals surface area contributed by atoms with Gasteiger partial charge in [-0.3, -0.25) is 14.8 Å². The van der Waals surface area contributed by atoms with Crippen molar-refractivity contribution in [1.82, 2.24) is 15.3 Å². The normalized spacial score (nSPS) is 10.7. The second-order valence-corrected chi connectivity index (χ2v) is 6.38. The minimum absolute atomic E-state index is 0.00564. The summed E-state index contributed by atoms with van der Waals surface area (Å²) in [5.74, 6) is 0.00564. The third kappa shape index (κ3) is 4.01. The first kappa shape index (κ1) is 16.9. The lowest BCUT2D eigenvalue weighted by Gasteiger charge is -2.09. The zero-order valence-corrected chi connectivity index (χ0v) is 14.8. The van der Waals surface area contributed by atoms with Crippen molar-refractivity contribution >= 4 is 16.7 Å². The molecular weight excluding hydrogens is 334 g/mol. The summed E-state index contributed by atoms with van der Waals surface area (Å²) in [7, 11) is 0. The topological polar surface area (TPSA) is 54.9 Å². The number of hydrogen-bond acceptors (Lipinski definition) is 3. The summed E-state index contributed by atoms with van der Waals surface area (Å²) in [6, 6.07) is 21.9. The minimum atomic E-state index is 0.00564. The van der Waals surface area contributed by atoms with E-state index in [2.05, 4.69) is 33.5 Å². The number of aromatic nitrogens is 2. The molecule has 4 heteroatoms. The van der Waals surface area contributed by atoms with E-state index < -0.39 is 0 Å². The Hall–Kier alpha value is -3.53. The van der Waals surface area contributed by atoms with Crippen LogP contribution in [0, 0.1) is 0 Å². The Kier molecular flexibility index (Phi) is 4.88. The van der Waals surface area contributed by atoms with E-state index in [1.54, 1.807) is 18.6 Å². The molecule has 0 saturated heterocycles. The molecule has 2 heterocycles. The van der Waals surface area contributed by atoms with E-state index in [9.17, 15) is 4.79 Å². The molecule has 1 amide bonds. The maximum Gasteiger partial charge on any atom is 0.224 e. The average Bonchev–Trinajstić information content (AvgIpc) is 2.73. The third-order valence-electron chi connectivity index (χ3n) is 4.50. The molecule has 0 bridgehead atoms. The number of pyridine rings is 2. The van der Waals surface area contributed by atoms with Gasteiger partial charge in [0.2, 0.25) is 5.91 Å². The SMILES string of the molecule is O=C(Cc1cccc2ccccc12)NCc1ccnc(-c2cccnc2)c1. The summed E-state index contributed by atoms with van der Waals surface area (Å²) >= 11 is 0. The van der Waals surface area contributed by atoms with Crippen molar-refractivity contribution in [2.45, 2.75) is 13.0 Å². The number of amides is 1. The first-order valence-corrected chi connectivity index (χ1v) is 8.88. The van der Waals surface area contributed by atoms with Crippen LogP contribution in [0.2, 0.25) is 0 Å². The van der Waals surface area contributed by atoms with Crippen LogP contribution in [-0.4, -0.2) is 15.9 Å². The van der Waals surface area contributed by atoms with Gasteiger partial charge < -0.3 is 5.32 Å². The van der Waals surface area contributed by atoms with Crippen molar-refractivity contribution in [3.63, 3.8) is 0 Å². The van der Waals surface area contributed by atoms with E-state index >= 15 is 0 Å². The van der Waals surface area contributed by atoms with Crippen LogP contribution in [0.5, 0.6) is 0 Å². The largest absolute Gasteiger partial charge is 0.352 e. The van der Waals surface area contributed by atoms with Crippen LogP contribution in [0.3, 0.4) is 0 Å². The lowest BCUT2D eigenvalue weighted by atomic mass is 10.0. The number of nitrogens with one attached hydrogen (secondary N) is 1. The summed E-state index contributed by atoms with van der Waals surface area (Å²) in [4.78, 5) is 21.0. The molecule has 2 aromatic carbocycles. The second-order valence-electron chi connectivity index (χ2n) is 6.38. The molecule has 0 atom stereocenters. The second kappa shape index (κ2) is 7.79. The monoisotopic (exact) mass is 353 g/mol. The average molecular weight is 353 g/mol. The molecule has 27 heavy (non-hydrogen) atoms. The number of hydrogen-bond donors (Lipinski definition) is 1. The van der Waals surface area contributed by atoms with Gasteiger partial charge in [-0.15, -0.1) is 0 Å². The molecule has 0 aliphatic heterocycles. The number of carbonyl (C=O) groups excluding carboxylic acids is 1. The van der Waals surface area contributed by atoms with Crippen molar-refractivity contribution in [2.75, 3.05) is 0 Å². The first-order chi connectivity index (χ1) is 13.3. The van der Waals surface area contributed by atoms with Gasteiger partial charge in [-0.25, -0.2) is 0 Å². The molecule has 4 aromatic rings. The maximum atomic E-state index is 12.4. The maximum absolute atomic E-state index is 12.4. The van der Waals surface area contributed by atoms with E-state index in [0.717, 1.165) is 33.2 Å². The van der Waals surface area contributed by atoms with Crippen molar-refractivity contribution in [2.24, 2.45) is 0 Å². The fraction of sp³-hybridized carbons (Fsp3) is 0.0870. The number of benzene rings is 2. The molecular formula is C23H19N3O. The van der Waals surface area contributed by atoms with E-state index in [1.165, 1.54) is 0 Å². The molecule has 132 valence electrons. The number of rotatable bonds is 5. The van der Waals surface area contributed by atoms with Gasteiger partial charge in [0.05, 0.1) is 12.1 Å². The molecule has 0 spiro atoms. The van der Waals surface area contributed by atoms with Gasteiger partial charge in [0.25, 0.3) is 0 Å². The summed E-state index contributed by atoms with van der Waals surface area (Å²) in [6.07, 6.45) is 5.64. The molecule has 0 saturated carbocycles. The van der Waals surface area contributed by atoms with Crippen LogP contribution in [0.4, 0.5) is 0 Å². The van der Waals surface area contributed by atoms with Crippen molar-refractivity contribution in [1.29, 1.82) is 0 Å². The standard InChI is InChI=1S/C23H19N3O/c27-23(14-19-7-3-6-18-5-1-2-9-21(18)19)26-15-17-10-12-25-22(13-17)20-8-4-11-24-16-20/h1-13,16H,14-15H2,(H,26,27). The lowest BCUT2D eigenvalue weighted by molar-refractivity contribution is -0.120. The van der Waals surface area contributed by atoms with Gasteiger partial charge in [0.15, 0.2) is 0 Å². The van der Waals surface area contributed by atoms with Gasteiger partial charge in [0.1, 0.15) is 0 Å². The predicted octanol–water partition coefficient (Wildman–Crippen LogP) is 4.16. The van der Waals surface area contributed by atoms with E-state index in [-0.39, 0.29) is 5.91 Å². The quantitative estimate of drug-likeness (QED) is 0.586. The Morgan fingerprint density at radius 3 is 2.70 bits per heavy atom. The van der Waals surface area contributed by atoms with E-state index in [4.69, 9.17) is 0 Å². The molecule has 0 radical (unpaired) electrons. The molecule has 4 nitrogen and oxygen atoms in total. The molecule has 2 aromatic heterocycles.